The SMILES string of the molecule is CN(C)C(CCC(=O)CC1CCc2ccccc2C1)c1ccsc1. The van der Waals surface area contributed by atoms with Crippen molar-refractivity contribution in [3.05, 3.63) is 57.8 Å². The molecule has 0 saturated heterocycles. The smallest absolute Gasteiger partial charge is 0.133 e. The highest BCUT2D eigenvalue weighted by atomic mass is 32.1. The number of carbonyl (C=O) groups excluding carboxylic acids is 1. The van der Waals surface area contributed by atoms with Gasteiger partial charge in [0, 0.05) is 18.9 Å². The van der Waals surface area contributed by atoms with Crippen LogP contribution in [-0.4, -0.2) is 24.8 Å². The van der Waals surface area contributed by atoms with Crippen LogP contribution in [0.5, 0.6) is 0 Å². The Kier molecular flexibility index (Phi) is 5.85. The second kappa shape index (κ2) is 8.09. The van der Waals surface area contributed by atoms with Gasteiger partial charge in [0.1, 0.15) is 5.78 Å². The molecule has 2 atom stereocenters. The molecule has 3 heteroatoms. The summed E-state index contributed by atoms with van der Waals surface area (Å²) in [5.74, 6) is 0.966. The Bertz CT molecular complexity index is 662. The van der Waals surface area contributed by atoms with E-state index in [1.165, 1.54) is 16.7 Å². The van der Waals surface area contributed by atoms with E-state index in [0.29, 0.717) is 24.2 Å². The number of ketones is 1. The first-order valence-electron chi connectivity index (χ1n) is 8.90. The van der Waals surface area contributed by atoms with E-state index in [0.717, 1.165) is 32.1 Å². The van der Waals surface area contributed by atoms with Crippen LogP contribution in [0.2, 0.25) is 0 Å². The van der Waals surface area contributed by atoms with Crippen LogP contribution in [0.25, 0.3) is 0 Å². The number of thiophene rings is 1. The number of carbonyl (C=O) groups is 1. The second-order valence-electron chi connectivity index (χ2n) is 7.20. The zero-order valence-corrected chi connectivity index (χ0v) is 15.5. The molecule has 0 radical (unpaired) electrons. The van der Waals surface area contributed by atoms with Gasteiger partial charge in [-0.1, -0.05) is 24.3 Å². The lowest BCUT2D eigenvalue weighted by molar-refractivity contribution is -0.120. The van der Waals surface area contributed by atoms with Crippen LogP contribution in [0.3, 0.4) is 0 Å². The Hall–Kier alpha value is -1.45. The molecule has 1 aliphatic rings. The van der Waals surface area contributed by atoms with Crippen LogP contribution in [0.1, 0.15) is 48.4 Å². The van der Waals surface area contributed by atoms with E-state index in [2.05, 4.69) is 60.1 Å². The zero-order valence-electron chi connectivity index (χ0n) is 14.7. The van der Waals surface area contributed by atoms with Crippen LogP contribution < -0.4 is 0 Å². The first-order valence-corrected chi connectivity index (χ1v) is 9.84. The largest absolute Gasteiger partial charge is 0.302 e. The standard InChI is InChI=1S/C21H27NOS/c1-22(2)21(19-11-12-24-15-19)10-9-20(23)14-16-7-8-17-5-3-4-6-18(17)13-16/h3-6,11-12,15-16,21H,7-10,13-14H2,1-2H3. The van der Waals surface area contributed by atoms with E-state index in [1.807, 2.05) is 0 Å². The maximum atomic E-state index is 12.5. The Morgan fingerprint density at radius 2 is 2.04 bits per heavy atom. The summed E-state index contributed by atoms with van der Waals surface area (Å²) in [6, 6.07) is 11.2. The molecule has 0 amide bonds. The molecule has 2 nitrogen and oxygen atoms in total. The average Bonchev–Trinajstić information content (AvgIpc) is 3.09. The third-order valence-electron chi connectivity index (χ3n) is 5.21. The second-order valence-corrected chi connectivity index (χ2v) is 7.98. The summed E-state index contributed by atoms with van der Waals surface area (Å²) < 4.78 is 0. The average molecular weight is 342 g/mol. The molecule has 0 fully saturated rings. The molecule has 2 aromatic rings. The van der Waals surface area contributed by atoms with Crippen LogP contribution in [-0.2, 0) is 17.6 Å². The summed E-state index contributed by atoms with van der Waals surface area (Å²) in [5.41, 5.74) is 4.27. The van der Waals surface area contributed by atoms with Gasteiger partial charge in [0.2, 0.25) is 0 Å². The van der Waals surface area contributed by atoms with Crippen molar-refractivity contribution >= 4 is 17.1 Å². The van der Waals surface area contributed by atoms with Crippen molar-refractivity contribution in [2.24, 2.45) is 5.92 Å². The van der Waals surface area contributed by atoms with Gasteiger partial charge in [-0.2, -0.15) is 11.3 Å². The minimum atomic E-state index is 0.354. The van der Waals surface area contributed by atoms with E-state index in [9.17, 15) is 4.79 Å². The fourth-order valence-corrected chi connectivity index (χ4v) is 4.56. The van der Waals surface area contributed by atoms with Crippen LogP contribution in [0.15, 0.2) is 41.1 Å². The minimum Gasteiger partial charge on any atom is -0.302 e. The predicted molar refractivity (Wildman–Crippen MR) is 102 cm³/mol. The van der Waals surface area contributed by atoms with Crippen molar-refractivity contribution < 1.29 is 4.79 Å². The first-order chi connectivity index (χ1) is 11.6. The van der Waals surface area contributed by atoms with Crippen LogP contribution in [0.4, 0.5) is 0 Å². The van der Waals surface area contributed by atoms with Gasteiger partial charge in [0.25, 0.3) is 0 Å². The van der Waals surface area contributed by atoms with Crippen molar-refractivity contribution in [3.8, 4) is 0 Å². The maximum Gasteiger partial charge on any atom is 0.133 e. The summed E-state index contributed by atoms with van der Waals surface area (Å²) in [4.78, 5) is 14.7. The molecule has 128 valence electrons. The number of hydrogen-bond donors (Lipinski definition) is 0. The highest BCUT2D eigenvalue weighted by Crippen LogP contribution is 2.29. The number of hydrogen-bond acceptors (Lipinski definition) is 3. The Balaban J connectivity index is 1.51. The van der Waals surface area contributed by atoms with Crippen molar-refractivity contribution in [1.82, 2.24) is 4.90 Å². The van der Waals surface area contributed by atoms with Gasteiger partial charge in [-0.3, -0.25) is 4.79 Å². The summed E-state index contributed by atoms with van der Waals surface area (Å²) in [5, 5.41) is 4.32. The number of rotatable bonds is 7. The summed E-state index contributed by atoms with van der Waals surface area (Å²) in [6.07, 6.45) is 5.72. The summed E-state index contributed by atoms with van der Waals surface area (Å²) in [6.45, 7) is 0. The molecule has 0 N–H and O–H groups in total. The van der Waals surface area contributed by atoms with Crippen molar-refractivity contribution in [1.29, 1.82) is 0 Å². The van der Waals surface area contributed by atoms with Crippen LogP contribution in [0, 0.1) is 5.92 Å². The van der Waals surface area contributed by atoms with Crippen molar-refractivity contribution in [2.75, 3.05) is 14.1 Å². The minimum absolute atomic E-state index is 0.354. The molecular weight excluding hydrogens is 314 g/mol. The first kappa shape index (κ1) is 17.4. The molecule has 1 aromatic heterocycles. The van der Waals surface area contributed by atoms with Gasteiger partial charge in [-0.15, -0.1) is 0 Å². The Morgan fingerprint density at radius 1 is 1.25 bits per heavy atom. The van der Waals surface area contributed by atoms with Gasteiger partial charge < -0.3 is 4.90 Å². The van der Waals surface area contributed by atoms with Gasteiger partial charge in [-0.05, 0) is 79.2 Å². The zero-order chi connectivity index (χ0) is 16.9. The summed E-state index contributed by atoms with van der Waals surface area (Å²) >= 11 is 1.73. The molecular formula is C21H27NOS. The molecule has 2 unspecified atom stereocenters. The third kappa shape index (κ3) is 4.34. The number of aryl methyl sites for hydroxylation is 1. The van der Waals surface area contributed by atoms with Gasteiger partial charge in [-0.25, -0.2) is 0 Å². The predicted octanol–water partition coefficient (Wildman–Crippen LogP) is 4.90. The number of Topliss-reactive ketones (excluding diaryl/α,β-unsaturated/α-hetero) is 1. The third-order valence-corrected chi connectivity index (χ3v) is 5.91. The molecule has 1 heterocycles. The molecule has 0 aliphatic heterocycles. The highest BCUT2D eigenvalue weighted by Gasteiger charge is 2.22. The molecule has 0 bridgehead atoms. The quantitative estimate of drug-likeness (QED) is 0.714. The van der Waals surface area contributed by atoms with E-state index in [-0.39, 0.29) is 0 Å². The monoisotopic (exact) mass is 341 g/mol. The highest BCUT2D eigenvalue weighted by molar-refractivity contribution is 7.07. The fourth-order valence-electron chi connectivity index (χ4n) is 3.86. The lowest BCUT2D eigenvalue weighted by atomic mass is 9.81. The topological polar surface area (TPSA) is 20.3 Å². The van der Waals surface area contributed by atoms with E-state index in [1.54, 1.807) is 11.3 Å². The molecule has 1 aliphatic carbocycles. The normalized spacial score (nSPS) is 18.4. The van der Waals surface area contributed by atoms with Gasteiger partial charge in [0.05, 0.1) is 0 Å². The maximum absolute atomic E-state index is 12.5. The van der Waals surface area contributed by atoms with Crippen molar-refractivity contribution in [2.45, 2.75) is 44.6 Å². The molecule has 0 saturated carbocycles. The Morgan fingerprint density at radius 3 is 2.75 bits per heavy atom. The lowest BCUT2D eigenvalue weighted by Crippen LogP contribution is -2.22. The van der Waals surface area contributed by atoms with Gasteiger partial charge in [0.15, 0.2) is 0 Å². The molecule has 1 aromatic carbocycles. The van der Waals surface area contributed by atoms with E-state index < -0.39 is 0 Å². The van der Waals surface area contributed by atoms with Crippen molar-refractivity contribution in [3.63, 3.8) is 0 Å². The Labute approximate surface area is 149 Å². The van der Waals surface area contributed by atoms with E-state index >= 15 is 0 Å². The van der Waals surface area contributed by atoms with Crippen LogP contribution >= 0.6 is 11.3 Å². The molecule has 3 rings (SSSR count). The number of nitrogens with zero attached hydrogens (tertiary/aromatic N) is 1. The fraction of sp³-hybridized carbons (Fsp3) is 0.476. The molecule has 24 heavy (non-hydrogen) atoms. The van der Waals surface area contributed by atoms with E-state index in [4.69, 9.17) is 0 Å². The number of benzene rings is 1. The van der Waals surface area contributed by atoms with Gasteiger partial charge >= 0.3 is 0 Å². The molecule has 0 spiro atoms. The summed E-state index contributed by atoms with van der Waals surface area (Å²) in [7, 11) is 4.20. The number of fused-ring (bicyclic) bond motifs is 1. The lowest BCUT2D eigenvalue weighted by Gasteiger charge is -2.25.